The molecule has 324 valence electrons. The molecule has 3 atom stereocenters. The Hall–Kier alpha value is -1.55. The molecule has 0 saturated carbocycles. The first-order valence-electron chi connectivity index (χ1n) is 22.3. The highest BCUT2D eigenvalue weighted by Gasteiger charge is 2.27. The second-order valence-corrected chi connectivity index (χ2v) is 16.5. The largest absolute Gasteiger partial charge is 0.472 e. The Bertz CT molecular complexity index is 972. The number of hydrogen-bond acceptors (Lipinski definition) is 9. The van der Waals surface area contributed by atoms with Gasteiger partial charge in [-0.1, -0.05) is 173 Å². The Morgan fingerprint density at radius 2 is 0.800 bits per heavy atom. The second-order valence-electron chi connectivity index (χ2n) is 15.0. The zero-order chi connectivity index (χ0) is 40.5. The van der Waals surface area contributed by atoms with Crippen molar-refractivity contribution in [2.45, 2.75) is 219 Å². The van der Waals surface area contributed by atoms with Gasteiger partial charge in [0.2, 0.25) is 0 Å². The quantitative estimate of drug-likeness (QED) is 0.0236. The minimum Gasteiger partial charge on any atom is -0.457 e. The fraction of sp³-hybridized carbons (Fsp3) is 0.864. The van der Waals surface area contributed by atoms with E-state index in [1.807, 2.05) is 0 Å². The molecule has 0 amide bonds. The first-order valence-corrected chi connectivity index (χ1v) is 23.8. The number of aliphatic hydroxyl groups is 2. The molecule has 0 aliphatic carbocycles. The van der Waals surface area contributed by atoms with Crippen molar-refractivity contribution in [3.8, 4) is 0 Å². The topological polar surface area (TPSA) is 149 Å². The number of rotatable bonds is 42. The number of esters is 2. The maximum Gasteiger partial charge on any atom is 0.472 e. The number of ether oxygens (including phenoxy) is 2. The van der Waals surface area contributed by atoms with Gasteiger partial charge in [0.15, 0.2) is 0 Å². The highest BCUT2D eigenvalue weighted by molar-refractivity contribution is 7.47. The van der Waals surface area contributed by atoms with Crippen LogP contribution in [-0.4, -0.2) is 65.7 Å². The molecular formula is C44H83O10P. The number of phosphoric ester groups is 1. The van der Waals surface area contributed by atoms with Crippen LogP contribution in [0, 0.1) is 0 Å². The van der Waals surface area contributed by atoms with Crippen LogP contribution < -0.4 is 0 Å². The van der Waals surface area contributed by atoms with Crippen LogP contribution in [0.15, 0.2) is 24.3 Å². The zero-order valence-electron chi connectivity index (χ0n) is 35.2. The number of allylic oxidation sites excluding steroid dienone is 4. The number of phosphoric acid groups is 1. The van der Waals surface area contributed by atoms with Gasteiger partial charge >= 0.3 is 19.8 Å². The van der Waals surface area contributed by atoms with Crippen molar-refractivity contribution in [3.05, 3.63) is 24.3 Å². The van der Waals surface area contributed by atoms with Crippen LogP contribution >= 0.6 is 7.82 Å². The molecule has 11 heteroatoms. The molecule has 0 aromatic heterocycles. The van der Waals surface area contributed by atoms with Gasteiger partial charge < -0.3 is 24.6 Å². The summed E-state index contributed by atoms with van der Waals surface area (Å²) in [6.07, 6.45) is 40.0. The van der Waals surface area contributed by atoms with Crippen molar-refractivity contribution in [3.63, 3.8) is 0 Å². The van der Waals surface area contributed by atoms with Gasteiger partial charge in [0.1, 0.15) is 12.2 Å². The summed E-state index contributed by atoms with van der Waals surface area (Å²) in [6.45, 7) is 2.19. The molecule has 0 aliphatic rings. The summed E-state index contributed by atoms with van der Waals surface area (Å²) >= 11 is 0. The molecule has 0 aromatic carbocycles. The zero-order valence-corrected chi connectivity index (χ0v) is 36.0. The Morgan fingerprint density at radius 1 is 0.491 bits per heavy atom. The van der Waals surface area contributed by atoms with Gasteiger partial charge in [0.25, 0.3) is 0 Å². The van der Waals surface area contributed by atoms with E-state index >= 15 is 0 Å². The standard InChI is InChI=1S/C44H83O10P/c1-3-5-7-9-11-13-15-17-18-19-20-21-22-24-26-28-30-32-34-36-44(48)54-42(38-46)40-52-55(49,50)51-39-41(37-45)53-43(47)35-33-31-29-27-25-23-16-14-12-10-8-6-4-2/h11,13,17-18,41-42,45-46H,3-10,12,14-16,19-40H2,1-2H3,(H,49,50)/b13-11-,18-17-. The molecule has 0 spiro atoms. The molecule has 0 bridgehead atoms. The van der Waals surface area contributed by atoms with Crippen molar-refractivity contribution in [1.82, 2.24) is 0 Å². The SMILES string of the molecule is CCCCC/C=C\C/C=C\CCCCCCCCCCCC(=O)OC(CO)COP(=O)(O)OCC(CO)OC(=O)CCCCCCCCCCCCCCC. The van der Waals surface area contributed by atoms with Gasteiger partial charge in [-0.25, -0.2) is 4.57 Å². The van der Waals surface area contributed by atoms with Crippen molar-refractivity contribution >= 4 is 19.8 Å². The maximum atomic E-state index is 12.4. The van der Waals surface area contributed by atoms with Gasteiger partial charge in [0, 0.05) is 12.8 Å². The van der Waals surface area contributed by atoms with Crippen molar-refractivity contribution in [1.29, 1.82) is 0 Å². The third-order valence-electron chi connectivity index (χ3n) is 9.67. The number of aliphatic hydroxyl groups excluding tert-OH is 2. The molecule has 0 heterocycles. The minimum absolute atomic E-state index is 0.189. The molecule has 0 saturated heterocycles. The summed E-state index contributed by atoms with van der Waals surface area (Å²) in [5, 5.41) is 19.2. The lowest BCUT2D eigenvalue weighted by atomic mass is 10.0. The average Bonchev–Trinajstić information content (AvgIpc) is 3.17. The second kappa shape index (κ2) is 40.6. The van der Waals surface area contributed by atoms with E-state index in [1.54, 1.807) is 0 Å². The van der Waals surface area contributed by atoms with E-state index in [0.717, 1.165) is 51.4 Å². The highest BCUT2D eigenvalue weighted by atomic mass is 31.2. The van der Waals surface area contributed by atoms with E-state index in [-0.39, 0.29) is 12.8 Å². The molecule has 3 N–H and O–H groups in total. The summed E-state index contributed by atoms with van der Waals surface area (Å²) < 4.78 is 32.6. The van der Waals surface area contributed by atoms with Crippen molar-refractivity contribution < 1.29 is 47.8 Å². The number of unbranched alkanes of at least 4 members (excludes halogenated alkanes) is 24. The van der Waals surface area contributed by atoms with Crippen LogP contribution in [-0.2, 0) is 32.7 Å². The van der Waals surface area contributed by atoms with Crippen LogP contribution in [0.1, 0.15) is 206 Å². The average molecular weight is 803 g/mol. The monoisotopic (exact) mass is 803 g/mol. The molecule has 10 nitrogen and oxygen atoms in total. The summed E-state index contributed by atoms with van der Waals surface area (Å²) in [5.41, 5.74) is 0. The van der Waals surface area contributed by atoms with Crippen LogP contribution in [0.3, 0.4) is 0 Å². The van der Waals surface area contributed by atoms with E-state index in [9.17, 15) is 29.3 Å². The lowest BCUT2D eigenvalue weighted by molar-refractivity contribution is -0.153. The smallest absolute Gasteiger partial charge is 0.457 e. The molecule has 3 unspecified atom stereocenters. The molecule has 0 radical (unpaired) electrons. The predicted octanol–water partition coefficient (Wildman–Crippen LogP) is 11.8. The van der Waals surface area contributed by atoms with Crippen LogP contribution in [0.5, 0.6) is 0 Å². The number of hydrogen-bond donors (Lipinski definition) is 3. The fourth-order valence-electron chi connectivity index (χ4n) is 6.20. The van der Waals surface area contributed by atoms with Crippen molar-refractivity contribution in [2.75, 3.05) is 26.4 Å². The third-order valence-corrected chi connectivity index (χ3v) is 10.6. The van der Waals surface area contributed by atoms with Crippen LogP contribution in [0.4, 0.5) is 0 Å². The first-order chi connectivity index (χ1) is 26.8. The Morgan fingerprint density at radius 3 is 1.16 bits per heavy atom. The summed E-state index contributed by atoms with van der Waals surface area (Å²) in [6, 6.07) is 0. The Kier molecular flexibility index (Phi) is 39.5. The molecule has 0 fully saturated rings. The van der Waals surface area contributed by atoms with Crippen LogP contribution in [0.25, 0.3) is 0 Å². The Labute approximate surface area is 336 Å². The van der Waals surface area contributed by atoms with Gasteiger partial charge in [-0.2, -0.15) is 0 Å². The maximum absolute atomic E-state index is 12.4. The third kappa shape index (κ3) is 39.1. The number of carbonyl (C=O) groups is 2. The molecule has 0 rings (SSSR count). The molecular weight excluding hydrogens is 719 g/mol. The normalized spacial score (nSPS) is 14.1. The van der Waals surface area contributed by atoms with E-state index < -0.39 is 58.4 Å². The van der Waals surface area contributed by atoms with Gasteiger partial charge in [0.05, 0.1) is 26.4 Å². The van der Waals surface area contributed by atoms with Crippen molar-refractivity contribution in [2.24, 2.45) is 0 Å². The lowest BCUT2D eigenvalue weighted by Gasteiger charge is -2.20. The fourth-order valence-corrected chi connectivity index (χ4v) is 6.99. The predicted molar refractivity (Wildman–Crippen MR) is 224 cm³/mol. The number of carbonyl (C=O) groups excluding carboxylic acids is 2. The summed E-state index contributed by atoms with van der Waals surface area (Å²) in [5.74, 6) is -1.02. The van der Waals surface area contributed by atoms with E-state index in [4.69, 9.17) is 18.5 Å². The van der Waals surface area contributed by atoms with E-state index in [2.05, 4.69) is 38.2 Å². The molecule has 0 aliphatic heterocycles. The molecule has 0 aromatic rings. The minimum atomic E-state index is -4.63. The van der Waals surface area contributed by atoms with Gasteiger partial charge in [-0.3, -0.25) is 18.6 Å². The van der Waals surface area contributed by atoms with Gasteiger partial charge in [-0.05, 0) is 44.9 Å². The Balaban J connectivity index is 3.89. The summed E-state index contributed by atoms with van der Waals surface area (Å²) in [4.78, 5) is 34.5. The van der Waals surface area contributed by atoms with E-state index in [0.29, 0.717) is 12.8 Å². The van der Waals surface area contributed by atoms with E-state index in [1.165, 1.54) is 116 Å². The highest BCUT2D eigenvalue weighted by Crippen LogP contribution is 2.43. The lowest BCUT2D eigenvalue weighted by Crippen LogP contribution is -2.28. The summed E-state index contributed by atoms with van der Waals surface area (Å²) in [7, 11) is -4.63. The van der Waals surface area contributed by atoms with Gasteiger partial charge in [-0.15, -0.1) is 0 Å². The first kappa shape index (κ1) is 53.5. The van der Waals surface area contributed by atoms with Crippen LogP contribution in [0.2, 0.25) is 0 Å². The molecule has 55 heavy (non-hydrogen) atoms.